The number of rotatable bonds is 7. The molecule has 0 unspecified atom stereocenters. The molecule has 0 aliphatic rings. The second kappa shape index (κ2) is 9.18. The summed E-state index contributed by atoms with van der Waals surface area (Å²) in [6, 6.07) is 6.28. The first-order valence-electron chi connectivity index (χ1n) is 9.81. The number of allylic oxidation sites excluding steroid dienone is 3. The van der Waals surface area contributed by atoms with E-state index in [9.17, 15) is 13.6 Å². The van der Waals surface area contributed by atoms with Gasteiger partial charge >= 0.3 is 0 Å². The molecule has 162 valence electrons. The molecule has 0 spiro atoms. The fourth-order valence-corrected chi connectivity index (χ4v) is 3.25. The van der Waals surface area contributed by atoms with E-state index in [2.05, 4.69) is 21.9 Å². The third kappa shape index (κ3) is 4.54. The first-order chi connectivity index (χ1) is 14.7. The lowest BCUT2D eigenvalue weighted by atomic mass is 10.0. The molecule has 0 aliphatic heterocycles. The molecule has 3 rings (SSSR count). The highest BCUT2D eigenvalue weighted by Crippen LogP contribution is 2.28. The van der Waals surface area contributed by atoms with Crippen LogP contribution in [0, 0.1) is 11.6 Å². The summed E-state index contributed by atoms with van der Waals surface area (Å²) in [6.45, 7) is 8.96. The van der Waals surface area contributed by atoms with Gasteiger partial charge in [0.25, 0.3) is 5.56 Å². The molecule has 0 bridgehead atoms. The predicted molar refractivity (Wildman–Crippen MR) is 121 cm³/mol. The number of pyridine rings is 1. The first-order valence-corrected chi connectivity index (χ1v) is 9.81. The number of fused-ring (bicyclic) bond motifs is 1. The van der Waals surface area contributed by atoms with Crippen molar-refractivity contribution in [3.8, 4) is 5.69 Å². The summed E-state index contributed by atoms with van der Waals surface area (Å²) in [4.78, 5) is 23.8. The van der Waals surface area contributed by atoms with Gasteiger partial charge in [-0.05, 0) is 51.7 Å². The molecule has 1 N–H and O–H groups in total. The van der Waals surface area contributed by atoms with Crippen molar-refractivity contribution in [1.29, 1.82) is 0 Å². The van der Waals surface area contributed by atoms with Crippen molar-refractivity contribution in [1.82, 2.24) is 19.4 Å². The van der Waals surface area contributed by atoms with Crippen LogP contribution in [0.1, 0.15) is 19.5 Å². The highest BCUT2D eigenvalue weighted by atomic mass is 19.1. The molecule has 3 aromatic rings. The number of nitrogens with zero attached hydrogens (tertiary/aromatic N) is 4. The first kappa shape index (κ1) is 22.3. The summed E-state index contributed by atoms with van der Waals surface area (Å²) in [7, 11) is 3.87. The number of likely N-dealkylation sites (N-methyl/N-ethyl adjacent to an activating group) is 1. The Labute approximate surface area is 179 Å². The van der Waals surface area contributed by atoms with Gasteiger partial charge in [0.15, 0.2) is 5.65 Å². The number of para-hydroxylation sites is 1. The minimum absolute atomic E-state index is 0.106. The van der Waals surface area contributed by atoms with Crippen LogP contribution >= 0.6 is 0 Å². The molecular weight excluding hydrogens is 400 g/mol. The second-order valence-corrected chi connectivity index (χ2v) is 7.56. The largest absolute Gasteiger partial charge is 0.353 e. The van der Waals surface area contributed by atoms with E-state index in [-0.39, 0.29) is 11.6 Å². The van der Waals surface area contributed by atoms with E-state index < -0.39 is 22.9 Å². The fraction of sp³-hybridized carbons (Fsp3) is 0.261. The summed E-state index contributed by atoms with van der Waals surface area (Å²) in [6.07, 6.45) is 1.67. The topological polar surface area (TPSA) is 63.1 Å². The fourth-order valence-electron chi connectivity index (χ4n) is 3.25. The maximum absolute atomic E-state index is 14.6. The average Bonchev–Trinajstić information content (AvgIpc) is 2.69. The van der Waals surface area contributed by atoms with Crippen LogP contribution in [0.15, 0.2) is 53.4 Å². The summed E-state index contributed by atoms with van der Waals surface area (Å²) in [5.74, 6) is -1.47. The van der Waals surface area contributed by atoms with Crippen LogP contribution < -0.4 is 10.9 Å². The standard InChI is InChI=1S/C23H25F2N5O/c1-6-15(14(2)3)20-16-10-11-19(31)30(21-17(24)8-7-9-18(21)25)22(16)28-23(27-20)26-12-13-29(4)5/h6-11H,1,12-13H2,2-5H3,(H,26,27,28). The monoisotopic (exact) mass is 425 g/mol. The Morgan fingerprint density at radius 2 is 1.84 bits per heavy atom. The van der Waals surface area contributed by atoms with Gasteiger partial charge < -0.3 is 10.2 Å². The smallest absolute Gasteiger partial charge is 0.256 e. The Kier molecular flexibility index (Phi) is 6.60. The lowest BCUT2D eigenvalue weighted by Crippen LogP contribution is -2.23. The van der Waals surface area contributed by atoms with Crippen molar-refractivity contribution in [2.45, 2.75) is 13.8 Å². The molecule has 2 aromatic heterocycles. The molecule has 0 saturated heterocycles. The van der Waals surface area contributed by atoms with Crippen LogP contribution in [0.5, 0.6) is 0 Å². The lowest BCUT2D eigenvalue weighted by molar-refractivity contribution is 0.425. The Bertz CT molecular complexity index is 1210. The maximum Gasteiger partial charge on any atom is 0.256 e. The molecule has 0 fully saturated rings. The zero-order valence-electron chi connectivity index (χ0n) is 18.0. The molecule has 6 nitrogen and oxygen atoms in total. The van der Waals surface area contributed by atoms with E-state index in [1.165, 1.54) is 12.1 Å². The highest BCUT2D eigenvalue weighted by Gasteiger charge is 2.20. The van der Waals surface area contributed by atoms with Crippen molar-refractivity contribution >= 4 is 22.6 Å². The molecule has 1 aromatic carbocycles. The number of aromatic nitrogens is 3. The summed E-state index contributed by atoms with van der Waals surface area (Å²) in [5.41, 5.74) is 1.26. The van der Waals surface area contributed by atoms with Crippen LogP contribution in [0.2, 0.25) is 0 Å². The Balaban J connectivity index is 2.38. The molecule has 0 amide bonds. The predicted octanol–water partition coefficient (Wildman–Crippen LogP) is 4.01. The zero-order valence-corrected chi connectivity index (χ0v) is 18.0. The van der Waals surface area contributed by atoms with Crippen LogP contribution in [0.25, 0.3) is 22.3 Å². The van der Waals surface area contributed by atoms with Crippen molar-refractivity contribution in [3.63, 3.8) is 0 Å². The molecule has 0 radical (unpaired) electrons. The molecular formula is C23H25F2N5O. The normalized spacial score (nSPS) is 11.1. The average molecular weight is 425 g/mol. The Hall–Kier alpha value is -3.39. The molecule has 0 aliphatic carbocycles. The molecule has 31 heavy (non-hydrogen) atoms. The van der Waals surface area contributed by atoms with Crippen LogP contribution in [0.3, 0.4) is 0 Å². The van der Waals surface area contributed by atoms with Gasteiger partial charge in [-0.2, -0.15) is 4.98 Å². The summed E-state index contributed by atoms with van der Waals surface area (Å²) >= 11 is 0. The number of anilines is 1. The third-order valence-electron chi connectivity index (χ3n) is 4.75. The number of benzene rings is 1. The van der Waals surface area contributed by atoms with E-state index in [1.54, 1.807) is 12.1 Å². The molecule has 0 saturated carbocycles. The molecule has 0 atom stereocenters. The van der Waals surface area contributed by atoms with Crippen molar-refractivity contribution in [2.24, 2.45) is 0 Å². The minimum Gasteiger partial charge on any atom is -0.353 e. The van der Waals surface area contributed by atoms with Gasteiger partial charge in [0.2, 0.25) is 5.95 Å². The molecule has 8 heteroatoms. The minimum atomic E-state index is -0.858. The summed E-state index contributed by atoms with van der Waals surface area (Å²) < 4.78 is 30.2. The van der Waals surface area contributed by atoms with E-state index in [4.69, 9.17) is 0 Å². The van der Waals surface area contributed by atoms with E-state index in [0.717, 1.165) is 34.4 Å². The van der Waals surface area contributed by atoms with Crippen LogP contribution in [0.4, 0.5) is 14.7 Å². The SMILES string of the molecule is C=CC(=C(C)C)c1nc(NCCN(C)C)nc2c1ccc(=O)n2-c1c(F)cccc1F. The van der Waals surface area contributed by atoms with Crippen molar-refractivity contribution < 1.29 is 8.78 Å². The second-order valence-electron chi connectivity index (χ2n) is 7.56. The van der Waals surface area contributed by atoms with Crippen LogP contribution in [-0.2, 0) is 0 Å². The van der Waals surface area contributed by atoms with Crippen LogP contribution in [-0.4, -0.2) is 46.6 Å². The van der Waals surface area contributed by atoms with Gasteiger partial charge in [-0.25, -0.2) is 13.8 Å². The van der Waals surface area contributed by atoms with E-state index in [1.807, 2.05) is 32.8 Å². The van der Waals surface area contributed by atoms with E-state index in [0.29, 0.717) is 17.6 Å². The summed E-state index contributed by atoms with van der Waals surface area (Å²) in [5, 5.41) is 3.61. The van der Waals surface area contributed by atoms with E-state index >= 15 is 0 Å². The van der Waals surface area contributed by atoms with Crippen molar-refractivity contribution in [3.05, 3.63) is 76.2 Å². The quantitative estimate of drug-likeness (QED) is 0.580. The maximum atomic E-state index is 14.6. The Morgan fingerprint density at radius 1 is 1.16 bits per heavy atom. The van der Waals surface area contributed by atoms with Gasteiger partial charge in [-0.1, -0.05) is 24.3 Å². The van der Waals surface area contributed by atoms with Crippen molar-refractivity contribution in [2.75, 3.05) is 32.5 Å². The lowest BCUT2D eigenvalue weighted by Gasteiger charge is -2.16. The number of hydrogen-bond donors (Lipinski definition) is 1. The number of nitrogens with one attached hydrogen (secondary N) is 1. The molecule has 2 heterocycles. The zero-order chi connectivity index (χ0) is 22.7. The van der Waals surface area contributed by atoms with Gasteiger partial charge in [0, 0.05) is 24.5 Å². The van der Waals surface area contributed by atoms with Gasteiger partial charge in [-0.15, -0.1) is 0 Å². The van der Waals surface area contributed by atoms with Gasteiger partial charge in [0.05, 0.1) is 5.69 Å². The van der Waals surface area contributed by atoms with Gasteiger partial charge in [0.1, 0.15) is 17.3 Å². The number of hydrogen-bond acceptors (Lipinski definition) is 5. The number of halogens is 2. The Morgan fingerprint density at radius 3 is 2.42 bits per heavy atom. The highest BCUT2D eigenvalue weighted by molar-refractivity contribution is 5.92. The van der Waals surface area contributed by atoms with Gasteiger partial charge in [-0.3, -0.25) is 9.36 Å². The third-order valence-corrected chi connectivity index (χ3v) is 4.75.